The number of nitrogens with one attached hydrogen (secondary N) is 2. The molecule has 0 saturated carbocycles. The lowest BCUT2D eigenvalue weighted by Gasteiger charge is -2.07. The summed E-state index contributed by atoms with van der Waals surface area (Å²) in [5.74, 6) is 0.365. The second-order valence-electron chi connectivity index (χ2n) is 6.67. The topological polar surface area (TPSA) is 70.9 Å². The van der Waals surface area contributed by atoms with E-state index in [0.29, 0.717) is 10.7 Å². The average Bonchev–Trinajstić information content (AvgIpc) is 3.23. The number of benzene rings is 2. The number of aromatic nitrogens is 2. The van der Waals surface area contributed by atoms with Crippen molar-refractivity contribution >= 4 is 58.4 Å². The highest BCUT2D eigenvalue weighted by Gasteiger charge is 2.10. The predicted molar refractivity (Wildman–Crippen MR) is 117 cm³/mol. The standard InChI is InChI=1S/C21H19N3O2S2/c1-12(2)22-20(25)19(27)10-14-9-13-7-8-15(11-18(13)26-14)28-21-23-16-5-3-4-6-17(16)24-21/h3-12,27H,1-2H3,(H,22,25)(H,23,24)/b19-10-. The van der Waals surface area contributed by atoms with E-state index >= 15 is 0 Å². The van der Waals surface area contributed by atoms with Gasteiger partial charge in [0.1, 0.15) is 11.3 Å². The maximum atomic E-state index is 12.0. The molecular formula is C21H19N3O2S2. The van der Waals surface area contributed by atoms with Gasteiger partial charge in [-0.05, 0) is 56.3 Å². The van der Waals surface area contributed by atoms with E-state index in [1.807, 2.05) is 62.4 Å². The molecule has 0 aliphatic heterocycles. The van der Waals surface area contributed by atoms with Crippen molar-refractivity contribution in [2.75, 3.05) is 0 Å². The van der Waals surface area contributed by atoms with E-state index in [9.17, 15) is 4.79 Å². The third kappa shape index (κ3) is 4.10. The number of carbonyl (C=O) groups excluding carboxylic acids is 1. The molecule has 0 unspecified atom stereocenters. The molecule has 0 atom stereocenters. The van der Waals surface area contributed by atoms with Crippen LogP contribution in [0.5, 0.6) is 0 Å². The van der Waals surface area contributed by atoms with Crippen LogP contribution in [-0.4, -0.2) is 21.9 Å². The molecule has 0 saturated heterocycles. The van der Waals surface area contributed by atoms with Crippen LogP contribution in [0.25, 0.3) is 28.1 Å². The van der Waals surface area contributed by atoms with Gasteiger partial charge in [0.25, 0.3) is 5.91 Å². The number of hydrogen-bond donors (Lipinski definition) is 3. The fourth-order valence-electron chi connectivity index (χ4n) is 2.79. The number of thiol groups is 1. The first-order valence-electron chi connectivity index (χ1n) is 8.85. The Morgan fingerprint density at radius 1 is 1.25 bits per heavy atom. The first-order chi connectivity index (χ1) is 13.5. The number of imidazole rings is 1. The van der Waals surface area contributed by atoms with Gasteiger partial charge in [0.15, 0.2) is 5.16 Å². The first-order valence-corrected chi connectivity index (χ1v) is 10.1. The summed E-state index contributed by atoms with van der Waals surface area (Å²) >= 11 is 5.82. The molecule has 0 fully saturated rings. The largest absolute Gasteiger partial charge is 0.457 e. The average molecular weight is 410 g/mol. The van der Waals surface area contributed by atoms with E-state index in [4.69, 9.17) is 4.42 Å². The second kappa shape index (κ2) is 7.77. The number of aromatic amines is 1. The summed E-state index contributed by atoms with van der Waals surface area (Å²) in [5.41, 5.74) is 2.70. The van der Waals surface area contributed by atoms with Gasteiger partial charge < -0.3 is 14.7 Å². The van der Waals surface area contributed by atoms with Crippen LogP contribution in [0.3, 0.4) is 0 Å². The molecule has 28 heavy (non-hydrogen) atoms. The fraction of sp³-hybridized carbons (Fsp3) is 0.143. The molecule has 0 bridgehead atoms. The molecular weight excluding hydrogens is 390 g/mol. The van der Waals surface area contributed by atoms with Crippen molar-refractivity contribution in [2.24, 2.45) is 0 Å². The highest BCUT2D eigenvalue weighted by Crippen LogP contribution is 2.31. The van der Waals surface area contributed by atoms with Gasteiger partial charge in [-0.2, -0.15) is 0 Å². The zero-order valence-electron chi connectivity index (χ0n) is 15.4. The van der Waals surface area contributed by atoms with Gasteiger partial charge in [0.05, 0.1) is 15.9 Å². The van der Waals surface area contributed by atoms with Crippen molar-refractivity contribution in [3.63, 3.8) is 0 Å². The van der Waals surface area contributed by atoms with Gasteiger partial charge >= 0.3 is 0 Å². The van der Waals surface area contributed by atoms with Crippen molar-refractivity contribution in [1.82, 2.24) is 15.3 Å². The third-order valence-electron chi connectivity index (χ3n) is 4.02. The number of H-pyrrole nitrogens is 1. The highest BCUT2D eigenvalue weighted by molar-refractivity contribution is 7.99. The lowest BCUT2D eigenvalue weighted by molar-refractivity contribution is -0.117. The Bertz CT molecular complexity index is 1160. The lowest BCUT2D eigenvalue weighted by atomic mass is 10.2. The normalized spacial score (nSPS) is 12.2. The Morgan fingerprint density at radius 2 is 2.07 bits per heavy atom. The minimum absolute atomic E-state index is 0.0524. The maximum Gasteiger partial charge on any atom is 0.257 e. The molecule has 2 aromatic heterocycles. The summed E-state index contributed by atoms with van der Waals surface area (Å²) in [6.45, 7) is 3.81. The Labute approximate surface area is 172 Å². The SMILES string of the molecule is CC(C)NC(=O)/C(S)=C/c1cc2ccc(Sc3nc4ccccc4[nH]3)cc2o1. The van der Waals surface area contributed by atoms with Gasteiger partial charge in [-0.3, -0.25) is 4.79 Å². The van der Waals surface area contributed by atoms with E-state index in [-0.39, 0.29) is 11.9 Å². The number of hydrogen-bond acceptors (Lipinski definition) is 5. The smallest absolute Gasteiger partial charge is 0.257 e. The number of nitrogens with zero attached hydrogens (tertiary/aromatic N) is 1. The van der Waals surface area contributed by atoms with Gasteiger partial charge in [0, 0.05) is 16.3 Å². The summed E-state index contributed by atoms with van der Waals surface area (Å²) < 4.78 is 5.88. The van der Waals surface area contributed by atoms with Crippen LogP contribution in [0.4, 0.5) is 0 Å². The Kier molecular flexibility index (Phi) is 5.19. The number of furan rings is 1. The van der Waals surface area contributed by atoms with Crippen molar-refractivity contribution in [1.29, 1.82) is 0 Å². The molecule has 0 aliphatic carbocycles. The van der Waals surface area contributed by atoms with E-state index in [1.165, 1.54) is 0 Å². The summed E-state index contributed by atoms with van der Waals surface area (Å²) in [5, 5.41) is 4.60. The summed E-state index contributed by atoms with van der Waals surface area (Å²) in [7, 11) is 0. The van der Waals surface area contributed by atoms with Crippen LogP contribution < -0.4 is 5.32 Å². The van der Waals surface area contributed by atoms with E-state index in [2.05, 4.69) is 27.9 Å². The van der Waals surface area contributed by atoms with Gasteiger partial charge in [0.2, 0.25) is 0 Å². The van der Waals surface area contributed by atoms with Crippen LogP contribution in [0.2, 0.25) is 0 Å². The van der Waals surface area contributed by atoms with Crippen molar-refractivity contribution in [3.05, 3.63) is 59.2 Å². The van der Waals surface area contributed by atoms with Gasteiger partial charge in [-0.15, -0.1) is 12.6 Å². The minimum Gasteiger partial charge on any atom is -0.457 e. The Balaban J connectivity index is 1.57. The number of rotatable bonds is 5. The molecule has 0 aliphatic rings. The molecule has 5 nitrogen and oxygen atoms in total. The quantitative estimate of drug-likeness (QED) is 0.311. The van der Waals surface area contributed by atoms with Crippen LogP contribution >= 0.6 is 24.4 Å². The van der Waals surface area contributed by atoms with Crippen LogP contribution in [0.1, 0.15) is 19.6 Å². The van der Waals surface area contributed by atoms with E-state index in [1.54, 1.807) is 17.8 Å². The van der Waals surface area contributed by atoms with E-state index < -0.39 is 0 Å². The first kappa shape index (κ1) is 18.7. The molecule has 142 valence electrons. The fourth-order valence-corrected chi connectivity index (χ4v) is 3.81. The Hall–Kier alpha value is -2.64. The van der Waals surface area contributed by atoms with Crippen molar-refractivity contribution < 1.29 is 9.21 Å². The molecule has 1 amide bonds. The third-order valence-corrected chi connectivity index (χ3v) is 5.23. The van der Waals surface area contributed by atoms with Gasteiger partial charge in [-0.1, -0.05) is 23.9 Å². The molecule has 4 rings (SSSR count). The number of carbonyl (C=O) groups is 1. The molecule has 0 radical (unpaired) electrons. The molecule has 7 heteroatoms. The second-order valence-corrected chi connectivity index (χ2v) is 8.21. The van der Waals surface area contributed by atoms with E-state index in [0.717, 1.165) is 32.1 Å². The summed E-state index contributed by atoms with van der Waals surface area (Å²) in [4.78, 5) is 21.2. The zero-order chi connectivity index (χ0) is 19.7. The van der Waals surface area contributed by atoms with Crippen LogP contribution in [0, 0.1) is 0 Å². The predicted octanol–water partition coefficient (Wildman–Crippen LogP) is 5.26. The molecule has 2 heterocycles. The number of fused-ring (bicyclic) bond motifs is 2. The maximum absolute atomic E-state index is 12.0. The van der Waals surface area contributed by atoms with Gasteiger partial charge in [-0.25, -0.2) is 4.98 Å². The van der Waals surface area contributed by atoms with Crippen molar-refractivity contribution in [2.45, 2.75) is 29.9 Å². The molecule has 0 spiro atoms. The molecule has 4 aromatic rings. The number of para-hydroxylation sites is 2. The summed E-state index contributed by atoms with van der Waals surface area (Å²) in [6.07, 6.45) is 1.63. The van der Waals surface area contributed by atoms with Crippen LogP contribution in [0.15, 0.2) is 67.9 Å². The molecule has 2 N–H and O–H groups in total. The van der Waals surface area contributed by atoms with Crippen molar-refractivity contribution in [3.8, 4) is 0 Å². The zero-order valence-corrected chi connectivity index (χ0v) is 17.1. The monoisotopic (exact) mass is 409 g/mol. The van der Waals surface area contributed by atoms with Crippen LogP contribution in [-0.2, 0) is 4.79 Å². The summed E-state index contributed by atoms with van der Waals surface area (Å²) in [6, 6.07) is 15.9. The number of amides is 1. The highest BCUT2D eigenvalue weighted by atomic mass is 32.2. The Morgan fingerprint density at radius 3 is 2.86 bits per heavy atom. The molecule has 2 aromatic carbocycles. The lowest BCUT2D eigenvalue weighted by Crippen LogP contribution is -2.30. The minimum atomic E-state index is -0.222.